The zero-order valence-corrected chi connectivity index (χ0v) is 8.72. The van der Waals surface area contributed by atoms with Gasteiger partial charge in [-0.15, -0.1) is 0 Å². The molecular formula is C13H17N. The van der Waals surface area contributed by atoms with Crippen LogP contribution in [0, 0.1) is 0 Å². The molecule has 0 spiro atoms. The van der Waals surface area contributed by atoms with E-state index in [0.29, 0.717) is 0 Å². The van der Waals surface area contributed by atoms with E-state index in [9.17, 15) is 0 Å². The van der Waals surface area contributed by atoms with Crippen molar-refractivity contribution in [3.8, 4) is 0 Å². The largest absolute Gasteiger partial charge is 0.309 e. The second kappa shape index (κ2) is 4.43. The van der Waals surface area contributed by atoms with Gasteiger partial charge in [0.1, 0.15) is 0 Å². The van der Waals surface area contributed by atoms with Gasteiger partial charge in [0, 0.05) is 13.1 Å². The summed E-state index contributed by atoms with van der Waals surface area (Å²) < 4.78 is 0. The van der Waals surface area contributed by atoms with Crippen LogP contribution in [0.25, 0.3) is 0 Å². The Balaban J connectivity index is 2.20. The van der Waals surface area contributed by atoms with Crippen LogP contribution in [0.2, 0.25) is 0 Å². The minimum atomic E-state index is 1.00. The topological polar surface area (TPSA) is 12.0 Å². The second-order valence-corrected chi connectivity index (χ2v) is 3.96. The van der Waals surface area contributed by atoms with Gasteiger partial charge in [-0.05, 0) is 30.9 Å². The maximum atomic E-state index is 3.46. The van der Waals surface area contributed by atoms with Crippen molar-refractivity contribution in [3.05, 3.63) is 47.0 Å². The van der Waals surface area contributed by atoms with Crippen molar-refractivity contribution in [3.63, 3.8) is 0 Å². The van der Waals surface area contributed by atoms with E-state index < -0.39 is 0 Å². The Kier molecular flexibility index (Phi) is 3.00. The molecule has 0 saturated heterocycles. The lowest BCUT2D eigenvalue weighted by atomic mass is 10.0. The second-order valence-electron chi connectivity index (χ2n) is 3.96. The molecule has 1 aliphatic rings. The van der Waals surface area contributed by atoms with Crippen LogP contribution in [0.3, 0.4) is 0 Å². The molecule has 1 aromatic carbocycles. The van der Waals surface area contributed by atoms with Crippen molar-refractivity contribution >= 4 is 0 Å². The van der Waals surface area contributed by atoms with E-state index in [-0.39, 0.29) is 0 Å². The van der Waals surface area contributed by atoms with Gasteiger partial charge in [-0.2, -0.15) is 0 Å². The van der Waals surface area contributed by atoms with Crippen LogP contribution < -0.4 is 5.32 Å². The first-order chi connectivity index (χ1) is 6.86. The summed E-state index contributed by atoms with van der Waals surface area (Å²) in [6.07, 6.45) is 4.69. The molecule has 74 valence electrons. The predicted molar refractivity (Wildman–Crippen MR) is 60.2 cm³/mol. The fourth-order valence-electron chi connectivity index (χ4n) is 1.91. The number of nitrogens with one attached hydrogen (secondary N) is 1. The highest BCUT2D eigenvalue weighted by Crippen LogP contribution is 2.13. The van der Waals surface area contributed by atoms with Crippen LogP contribution in [0.4, 0.5) is 0 Å². The van der Waals surface area contributed by atoms with Crippen LogP contribution in [-0.4, -0.2) is 6.54 Å². The lowest BCUT2D eigenvalue weighted by Gasteiger charge is -2.07. The Bertz CT molecular complexity index is 339. The average Bonchev–Trinajstić information content (AvgIpc) is 2.28. The number of benzene rings is 1. The zero-order valence-electron chi connectivity index (χ0n) is 8.72. The summed E-state index contributed by atoms with van der Waals surface area (Å²) in [5.74, 6) is 0. The molecule has 0 amide bonds. The first-order valence-corrected chi connectivity index (χ1v) is 5.29. The first kappa shape index (κ1) is 9.47. The van der Waals surface area contributed by atoms with Gasteiger partial charge in [0.15, 0.2) is 0 Å². The van der Waals surface area contributed by atoms with Gasteiger partial charge < -0.3 is 5.32 Å². The standard InChI is InChI=1S/C13H17N/c1-11-5-4-8-12-6-2-3-7-13(12)10-14-9-11/h2-3,5-7,14H,4,8-10H2,1H3/b11-5-. The molecule has 1 aromatic rings. The summed E-state index contributed by atoms with van der Waals surface area (Å²) >= 11 is 0. The molecular weight excluding hydrogens is 170 g/mol. The van der Waals surface area contributed by atoms with Crippen LogP contribution in [0.15, 0.2) is 35.9 Å². The molecule has 0 aliphatic carbocycles. The molecule has 0 radical (unpaired) electrons. The van der Waals surface area contributed by atoms with E-state index in [0.717, 1.165) is 13.1 Å². The fourth-order valence-corrected chi connectivity index (χ4v) is 1.91. The van der Waals surface area contributed by atoms with Gasteiger partial charge in [0.2, 0.25) is 0 Å². The molecule has 0 bridgehead atoms. The highest BCUT2D eigenvalue weighted by Gasteiger charge is 2.03. The molecule has 0 saturated carbocycles. The lowest BCUT2D eigenvalue weighted by Crippen LogP contribution is -2.15. The maximum Gasteiger partial charge on any atom is 0.0211 e. The number of aryl methyl sites for hydroxylation is 1. The zero-order chi connectivity index (χ0) is 9.80. The SMILES string of the molecule is C/C1=C/CCc2ccccc2CNC1. The molecule has 2 rings (SSSR count). The molecule has 1 heteroatoms. The summed E-state index contributed by atoms with van der Waals surface area (Å²) in [5.41, 5.74) is 4.40. The van der Waals surface area contributed by atoms with Gasteiger partial charge in [0.05, 0.1) is 0 Å². The normalized spacial score (nSPS) is 21.1. The minimum absolute atomic E-state index is 1.00. The number of hydrogen-bond acceptors (Lipinski definition) is 1. The Labute approximate surface area is 85.8 Å². The van der Waals surface area contributed by atoms with E-state index in [1.165, 1.54) is 29.5 Å². The monoisotopic (exact) mass is 187 g/mol. The molecule has 1 nitrogen and oxygen atoms in total. The van der Waals surface area contributed by atoms with Crippen LogP contribution in [0.1, 0.15) is 24.5 Å². The Morgan fingerprint density at radius 3 is 2.71 bits per heavy atom. The molecule has 0 aromatic heterocycles. The summed E-state index contributed by atoms with van der Waals surface area (Å²) in [6, 6.07) is 8.72. The number of rotatable bonds is 0. The van der Waals surface area contributed by atoms with Crippen molar-refractivity contribution in [2.24, 2.45) is 0 Å². The fraction of sp³-hybridized carbons (Fsp3) is 0.385. The van der Waals surface area contributed by atoms with Crippen LogP contribution in [0.5, 0.6) is 0 Å². The lowest BCUT2D eigenvalue weighted by molar-refractivity contribution is 0.737. The molecule has 0 fully saturated rings. The third-order valence-corrected chi connectivity index (χ3v) is 2.74. The van der Waals surface area contributed by atoms with Crippen molar-refractivity contribution in [1.82, 2.24) is 5.32 Å². The van der Waals surface area contributed by atoms with E-state index in [4.69, 9.17) is 0 Å². The van der Waals surface area contributed by atoms with E-state index in [2.05, 4.69) is 42.6 Å². The highest BCUT2D eigenvalue weighted by atomic mass is 14.8. The van der Waals surface area contributed by atoms with Crippen LogP contribution in [-0.2, 0) is 13.0 Å². The third-order valence-electron chi connectivity index (χ3n) is 2.74. The smallest absolute Gasteiger partial charge is 0.0211 e. The Morgan fingerprint density at radius 2 is 1.86 bits per heavy atom. The Morgan fingerprint density at radius 1 is 1.07 bits per heavy atom. The molecule has 0 atom stereocenters. The van der Waals surface area contributed by atoms with E-state index in [1.807, 2.05) is 0 Å². The van der Waals surface area contributed by atoms with Gasteiger partial charge >= 0.3 is 0 Å². The average molecular weight is 187 g/mol. The van der Waals surface area contributed by atoms with Gasteiger partial charge in [-0.3, -0.25) is 0 Å². The quantitative estimate of drug-likeness (QED) is 0.616. The van der Waals surface area contributed by atoms with Crippen LogP contribution >= 0.6 is 0 Å². The van der Waals surface area contributed by atoms with Crippen molar-refractivity contribution < 1.29 is 0 Å². The third kappa shape index (κ3) is 2.24. The van der Waals surface area contributed by atoms with Gasteiger partial charge in [-0.1, -0.05) is 35.9 Å². The summed E-state index contributed by atoms with van der Waals surface area (Å²) in [5, 5.41) is 3.46. The number of allylic oxidation sites excluding steroid dienone is 1. The molecule has 1 heterocycles. The van der Waals surface area contributed by atoms with Gasteiger partial charge in [0.25, 0.3) is 0 Å². The summed E-state index contributed by atoms with van der Waals surface area (Å²) in [6.45, 7) is 4.22. The first-order valence-electron chi connectivity index (χ1n) is 5.29. The molecule has 14 heavy (non-hydrogen) atoms. The molecule has 1 aliphatic heterocycles. The van der Waals surface area contributed by atoms with E-state index >= 15 is 0 Å². The maximum absolute atomic E-state index is 3.46. The summed E-state index contributed by atoms with van der Waals surface area (Å²) in [4.78, 5) is 0. The predicted octanol–water partition coefficient (Wildman–Crippen LogP) is 2.67. The van der Waals surface area contributed by atoms with Crippen molar-refractivity contribution in [2.45, 2.75) is 26.3 Å². The highest BCUT2D eigenvalue weighted by molar-refractivity contribution is 5.28. The Hall–Kier alpha value is -1.08. The molecule has 1 N–H and O–H groups in total. The van der Waals surface area contributed by atoms with Crippen molar-refractivity contribution in [1.29, 1.82) is 0 Å². The van der Waals surface area contributed by atoms with Crippen molar-refractivity contribution in [2.75, 3.05) is 6.54 Å². The summed E-state index contributed by atoms with van der Waals surface area (Å²) in [7, 11) is 0. The number of fused-ring (bicyclic) bond motifs is 1. The minimum Gasteiger partial charge on any atom is -0.309 e. The number of hydrogen-bond donors (Lipinski definition) is 1. The molecule has 0 unspecified atom stereocenters. The van der Waals surface area contributed by atoms with E-state index in [1.54, 1.807) is 0 Å². The van der Waals surface area contributed by atoms with Gasteiger partial charge in [-0.25, -0.2) is 0 Å².